The Kier molecular flexibility index (Phi) is 4.64. The lowest BCUT2D eigenvalue weighted by Crippen LogP contribution is -2.47. The van der Waals surface area contributed by atoms with E-state index in [0.717, 1.165) is 24.6 Å². The quantitative estimate of drug-likeness (QED) is 0.827. The number of nitrogens with one attached hydrogen (secondary N) is 2. The van der Waals surface area contributed by atoms with Crippen molar-refractivity contribution in [3.63, 3.8) is 0 Å². The summed E-state index contributed by atoms with van der Waals surface area (Å²) in [5.41, 5.74) is 1.47. The molecular weight excluding hydrogens is 236 g/mol. The van der Waals surface area contributed by atoms with Gasteiger partial charge < -0.3 is 15.5 Å². The van der Waals surface area contributed by atoms with Crippen LogP contribution in [-0.2, 0) is 0 Å². The van der Waals surface area contributed by atoms with Crippen LogP contribution in [0, 0.1) is 0 Å². The van der Waals surface area contributed by atoms with Gasteiger partial charge in [0, 0.05) is 36.6 Å². The maximum absolute atomic E-state index is 4.30. The first-order valence-corrected chi connectivity index (χ1v) is 7.27. The van der Waals surface area contributed by atoms with Gasteiger partial charge in [0.15, 0.2) is 0 Å². The molecule has 1 aromatic heterocycles. The van der Waals surface area contributed by atoms with Crippen LogP contribution in [0.2, 0.25) is 0 Å². The molecule has 0 atom stereocenters. The molecule has 0 aliphatic heterocycles. The van der Waals surface area contributed by atoms with Crippen molar-refractivity contribution in [2.24, 2.45) is 0 Å². The van der Waals surface area contributed by atoms with E-state index in [1.54, 1.807) is 0 Å². The molecule has 0 bridgehead atoms. The minimum Gasteiger partial charge on any atom is -0.383 e. The Morgan fingerprint density at radius 3 is 2.63 bits per heavy atom. The second kappa shape index (κ2) is 6.24. The predicted molar refractivity (Wildman–Crippen MR) is 81.8 cm³/mol. The molecule has 2 N–H and O–H groups in total. The topological polar surface area (TPSA) is 40.2 Å². The van der Waals surface area contributed by atoms with Crippen LogP contribution in [0.1, 0.15) is 32.6 Å². The SMILES string of the molecule is CCNc1cc(NCC2(N(C)C)CCCC2)ccn1. The number of pyridine rings is 1. The summed E-state index contributed by atoms with van der Waals surface area (Å²) in [4.78, 5) is 6.69. The highest BCUT2D eigenvalue weighted by Gasteiger charge is 2.35. The zero-order valence-electron chi connectivity index (χ0n) is 12.4. The third-order valence-corrected chi connectivity index (χ3v) is 4.22. The molecule has 1 aromatic rings. The summed E-state index contributed by atoms with van der Waals surface area (Å²) in [6.07, 6.45) is 7.13. The number of anilines is 2. The van der Waals surface area contributed by atoms with Crippen LogP contribution in [0.5, 0.6) is 0 Å². The maximum atomic E-state index is 4.30. The van der Waals surface area contributed by atoms with Crippen molar-refractivity contribution in [3.8, 4) is 0 Å². The van der Waals surface area contributed by atoms with E-state index in [9.17, 15) is 0 Å². The summed E-state index contributed by atoms with van der Waals surface area (Å²) < 4.78 is 0. The fourth-order valence-electron chi connectivity index (χ4n) is 2.90. The molecule has 0 unspecified atom stereocenters. The molecular formula is C15H26N4. The smallest absolute Gasteiger partial charge is 0.127 e. The van der Waals surface area contributed by atoms with Gasteiger partial charge in [-0.2, -0.15) is 0 Å². The van der Waals surface area contributed by atoms with E-state index in [2.05, 4.69) is 47.6 Å². The molecule has 1 aliphatic carbocycles. The van der Waals surface area contributed by atoms with Gasteiger partial charge in [-0.1, -0.05) is 12.8 Å². The van der Waals surface area contributed by atoms with E-state index in [-0.39, 0.29) is 0 Å². The molecule has 1 saturated carbocycles. The molecule has 0 radical (unpaired) electrons. The number of rotatable bonds is 6. The second-order valence-corrected chi connectivity index (χ2v) is 5.64. The van der Waals surface area contributed by atoms with Crippen molar-refractivity contribution in [2.45, 2.75) is 38.1 Å². The van der Waals surface area contributed by atoms with E-state index in [1.807, 2.05) is 12.3 Å². The summed E-state index contributed by atoms with van der Waals surface area (Å²) in [7, 11) is 4.40. The standard InChI is InChI=1S/C15H26N4/c1-4-16-14-11-13(7-10-17-14)18-12-15(19(2)3)8-5-6-9-15/h7,10-11H,4-6,8-9,12H2,1-3H3,(H2,16,17,18). The molecule has 0 saturated heterocycles. The van der Waals surface area contributed by atoms with Crippen molar-refractivity contribution < 1.29 is 0 Å². The fraction of sp³-hybridized carbons (Fsp3) is 0.667. The van der Waals surface area contributed by atoms with Gasteiger partial charge in [0.05, 0.1) is 0 Å². The van der Waals surface area contributed by atoms with Gasteiger partial charge in [0.2, 0.25) is 0 Å². The fourth-order valence-corrected chi connectivity index (χ4v) is 2.90. The van der Waals surface area contributed by atoms with E-state index in [0.29, 0.717) is 5.54 Å². The van der Waals surface area contributed by atoms with Crippen LogP contribution in [0.3, 0.4) is 0 Å². The molecule has 0 spiro atoms. The molecule has 106 valence electrons. The Hall–Kier alpha value is -1.29. The first-order chi connectivity index (χ1) is 9.16. The van der Waals surface area contributed by atoms with Gasteiger partial charge in [-0.25, -0.2) is 4.98 Å². The Labute approximate surface area is 116 Å². The van der Waals surface area contributed by atoms with Gasteiger partial charge >= 0.3 is 0 Å². The van der Waals surface area contributed by atoms with Gasteiger partial charge in [-0.15, -0.1) is 0 Å². The maximum Gasteiger partial charge on any atom is 0.127 e. The van der Waals surface area contributed by atoms with Crippen molar-refractivity contribution >= 4 is 11.5 Å². The molecule has 0 aromatic carbocycles. The monoisotopic (exact) mass is 262 g/mol. The van der Waals surface area contributed by atoms with Crippen LogP contribution in [-0.4, -0.2) is 42.6 Å². The Morgan fingerprint density at radius 1 is 1.26 bits per heavy atom. The minimum atomic E-state index is 0.321. The molecule has 4 heteroatoms. The zero-order valence-corrected chi connectivity index (χ0v) is 12.4. The summed E-state index contributed by atoms with van der Waals surface area (Å²) in [6.45, 7) is 4.00. The minimum absolute atomic E-state index is 0.321. The third-order valence-electron chi connectivity index (χ3n) is 4.22. The summed E-state index contributed by atoms with van der Waals surface area (Å²) in [6, 6.07) is 4.13. The molecule has 1 aliphatic rings. The average molecular weight is 262 g/mol. The number of hydrogen-bond donors (Lipinski definition) is 2. The highest BCUT2D eigenvalue weighted by Crippen LogP contribution is 2.34. The molecule has 4 nitrogen and oxygen atoms in total. The summed E-state index contributed by atoms with van der Waals surface area (Å²) >= 11 is 0. The first-order valence-electron chi connectivity index (χ1n) is 7.27. The van der Waals surface area contributed by atoms with E-state index in [1.165, 1.54) is 25.7 Å². The van der Waals surface area contributed by atoms with Gasteiger partial charge in [-0.3, -0.25) is 0 Å². The highest BCUT2D eigenvalue weighted by atomic mass is 15.2. The van der Waals surface area contributed by atoms with Crippen LogP contribution in [0.4, 0.5) is 11.5 Å². The van der Waals surface area contributed by atoms with E-state index >= 15 is 0 Å². The van der Waals surface area contributed by atoms with E-state index in [4.69, 9.17) is 0 Å². The lowest BCUT2D eigenvalue weighted by Gasteiger charge is -2.36. The number of aromatic nitrogens is 1. The van der Waals surface area contributed by atoms with Crippen molar-refractivity contribution in [1.29, 1.82) is 0 Å². The van der Waals surface area contributed by atoms with Gasteiger partial charge in [0.1, 0.15) is 5.82 Å². The van der Waals surface area contributed by atoms with Gasteiger partial charge in [0.25, 0.3) is 0 Å². The predicted octanol–water partition coefficient (Wildman–Crippen LogP) is 2.80. The normalized spacial score (nSPS) is 17.7. The first kappa shape index (κ1) is 14.1. The Morgan fingerprint density at radius 2 is 2.00 bits per heavy atom. The molecule has 2 rings (SSSR count). The van der Waals surface area contributed by atoms with Gasteiger partial charge in [-0.05, 0) is 39.9 Å². The second-order valence-electron chi connectivity index (χ2n) is 5.64. The summed E-state index contributed by atoms with van der Waals surface area (Å²) in [5, 5.41) is 6.83. The molecule has 19 heavy (non-hydrogen) atoms. The zero-order chi connectivity index (χ0) is 13.7. The average Bonchev–Trinajstić information content (AvgIpc) is 2.87. The Balaban J connectivity index is 1.99. The van der Waals surface area contributed by atoms with E-state index < -0.39 is 0 Å². The summed E-state index contributed by atoms with van der Waals surface area (Å²) in [5.74, 6) is 0.942. The highest BCUT2D eigenvalue weighted by molar-refractivity contribution is 5.52. The molecule has 0 amide bonds. The largest absolute Gasteiger partial charge is 0.383 e. The van der Waals surface area contributed by atoms with Crippen LogP contribution in [0.25, 0.3) is 0 Å². The number of likely N-dealkylation sites (N-methyl/N-ethyl adjacent to an activating group) is 1. The number of nitrogens with zero attached hydrogens (tertiary/aromatic N) is 2. The molecule has 1 heterocycles. The van der Waals surface area contributed by atoms with Crippen LogP contribution >= 0.6 is 0 Å². The lowest BCUT2D eigenvalue weighted by atomic mass is 9.96. The third kappa shape index (κ3) is 3.38. The van der Waals surface area contributed by atoms with Crippen molar-refractivity contribution in [1.82, 2.24) is 9.88 Å². The van der Waals surface area contributed by atoms with Crippen molar-refractivity contribution in [3.05, 3.63) is 18.3 Å². The van der Waals surface area contributed by atoms with Crippen LogP contribution in [0.15, 0.2) is 18.3 Å². The van der Waals surface area contributed by atoms with Crippen LogP contribution < -0.4 is 10.6 Å². The Bertz CT molecular complexity index is 397. The molecule has 1 fully saturated rings. The number of hydrogen-bond acceptors (Lipinski definition) is 4. The van der Waals surface area contributed by atoms with Crippen molar-refractivity contribution in [2.75, 3.05) is 37.8 Å². The lowest BCUT2D eigenvalue weighted by molar-refractivity contribution is 0.172.